The van der Waals surface area contributed by atoms with Gasteiger partial charge in [-0.2, -0.15) is 0 Å². The van der Waals surface area contributed by atoms with Crippen LogP contribution in [0.15, 0.2) is 42.5 Å². The number of fused-ring (bicyclic) bond motifs is 1. The highest BCUT2D eigenvalue weighted by molar-refractivity contribution is 5.35. The number of hydrogen-bond acceptors (Lipinski definition) is 3. The molecule has 3 rings (SSSR count). The maximum Gasteiger partial charge on any atom is 0.123 e. The third-order valence-corrected chi connectivity index (χ3v) is 3.38. The fraction of sp³-hybridized carbons (Fsp3) is 0.250. The summed E-state index contributed by atoms with van der Waals surface area (Å²) in [5.41, 5.74) is 3.96. The van der Waals surface area contributed by atoms with Crippen LogP contribution in [0.3, 0.4) is 0 Å². The van der Waals surface area contributed by atoms with Crippen molar-refractivity contribution in [3.8, 4) is 11.5 Å². The Labute approximate surface area is 112 Å². The minimum Gasteiger partial charge on any atom is -0.508 e. The van der Waals surface area contributed by atoms with Gasteiger partial charge in [0.15, 0.2) is 0 Å². The first-order chi connectivity index (χ1) is 9.31. The first-order valence-electron chi connectivity index (χ1n) is 6.54. The van der Waals surface area contributed by atoms with Gasteiger partial charge < -0.3 is 15.2 Å². The number of nitrogens with one attached hydrogen (secondary N) is 1. The van der Waals surface area contributed by atoms with Crippen molar-refractivity contribution in [3.63, 3.8) is 0 Å². The highest BCUT2D eigenvalue weighted by atomic mass is 16.5. The molecule has 0 spiro atoms. The zero-order chi connectivity index (χ0) is 13.1. The van der Waals surface area contributed by atoms with Crippen LogP contribution in [0, 0.1) is 0 Å². The summed E-state index contributed by atoms with van der Waals surface area (Å²) in [5.74, 6) is 0.924. The molecule has 3 nitrogen and oxygen atoms in total. The molecule has 0 bridgehead atoms. The molecule has 0 saturated heterocycles. The molecule has 0 unspecified atom stereocenters. The van der Waals surface area contributed by atoms with E-state index in [1.54, 1.807) is 18.2 Å². The second-order valence-electron chi connectivity index (χ2n) is 4.82. The van der Waals surface area contributed by atoms with Gasteiger partial charge in [-0.1, -0.05) is 24.3 Å². The van der Waals surface area contributed by atoms with Crippen molar-refractivity contribution in [1.82, 2.24) is 5.32 Å². The number of rotatable bonds is 3. The Morgan fingerprint density at radius 2 is 2.05 bits per heavy atom. The van der Waals surface area contributed by atoms with E-state index < -0.39 is 0 Å². The van der Waals surface area contributed by atoms with E-state index in [9.17, 15) is 5.11 Å². The number of phenols is 1. The van der Waals surface area contributed by atoms with Crippen LogP contribution in [0.25, 0.3) is 0 Å². The highest BCUT2D eigenvalue weighted by Gasteiger charge is 2.09. The lowest BCUT2D eigenvalue weighted by molar-refractivity contribution is 0.304. The van der Waals surface area contributed by atoms with Gasteiger partial charge in [0, 0.05) is 12.6 Å². The summed E-state index contributed by atoms with van der Waals surface area (Å²) in [7, 11) is 0. The van der Waals surface area contributed by atoms with Gasteiger partial charge in [-0.05, 0) is 41.8 Å². The lowest BCUT2D eigenvalue weighted by atomic mass is 9.99. The number of ether oxygens (including phenoxy) is 1. The largest absolute Gasteiger partial charge is 0.508 e. The van der Waals surface area contributed by atoms with Crippen molar-refractivity contribution in [3.05, 3.63) is 59.2 Å². The minimum atomic E-state index is 0.231. The van der Waals surface area contributed by atoms with E-state index in [1.165, 1.54) is 16.7 Å². The molecular formula is C16H17NO2. The predicted molar refractivity (Wildman–Crippen MR) is 74.3 cm³/mol. The van der Waals surface area contributed by atoms with E-state index in [4.69, 9.17) is 4.74 Å². The predicted octanol–water partition coefficient (Wildman–Crippen LogP) is 2.62. The molecule has 3 heteroatoms. The number of benzene rings is 2. The molecule has 1 aliphatic heterocycles. The van der Waals surface area contributed by atoms with Crippen LogP contribution in [0.2, 0.25) is 0 Å². The molecule has 0 amide bonds. The van der Waals surface area contributed by atoms with Crippen molar-refractivity contribution in [1.29, 1.82) is 0 Å². The Morgan fingerprint density at radius 1 is 1.11 bits per heavy atom. The Kier molecular flexibility index (Phi) is 3.38. The highest BCUT2D eigenvalue weighted by Crippen LogP contribution is 2.20. The van der Waals surface area contributed by atoms with Gasteiger partial charge in [0.25, 0.3) is 0 Å². The standard InChI is InChI=1S/C16H17NO2/c18-15-2-1-3-16(9-15)19-11-12-4-5-14-10-17-7-6-13(14)8-12/h1-5,8-9,17-18H,6-7,10-11H2. The van der Waals surface area contributed by atoms with Crippen molar-refractivity contribution < 1.29 is 9.84 Å². The molecule has 2 aromatic carbocycles. The summed E-state index contributed by atoms with van der Waals surface area (Å²) in [4.78, 5) is 0. The molecular weight excluding hydrogens is 238 g/mol. The SMILES string of the molecule is Oc1cccc(OCc2ccc3c(c2)CCNC3)c1. The fourth-order valence-electron chi connectivity index (χ4n) is 2.36. The Hall–Kier alpha value is -2.00. The quantitative estimate of drug-likeness (QED) is 0.886. The van der Waals surface area contributed by atoms with Crippen LogP contribution in [0.1, 0.15) is 16.7 Å². The molecule has 19 heavy (non-hydrogen) atoms. The maximum atomic E-state index is 9.38. The second kappa shape index (κ2) is 5.33. The van der Waals surface area contributed by atoms with Gasteiger partial charge in [-0.15, -0.1) is 0 Å². The van der Waals surface area contributed by atoms with Crippen LogP contribution >= 0.6 is 0 Å². The van der Waals surface area contributed by atoms with E-state index in [2.05, 4.69) is 23.5 Å². The average Bonchev–Trinajstić information content (AvgIpc) is 2.45. The van der Waals surface area contributed by atoms with Crippen molar-refractivity contribution in [2.45, 2.75) is 19.6 Å². The summed E-state index contributed by atoms with van der Waals surface area (Å²) in [6.07, 6.45) is 1.08. The molecule has 0 aliphatic carbocycles. The minimum absolute atomic E-state index is 0.231. The van der Waals surface area contributed by atoms with Gasteiger partial charge in [-0.3, -0.25) is 0 Å². The first-order valence-corrected chi connectivity index (χ1v) is 6.54. The average molecular weight is 255 g/mol. The molecule has 98 valence electrons. The third-order valence-electron chi connectivity index (χ3n) is 3.38. The van der Waals surface area contributed by atoms with Crippen molar-refractivity contribution in [2.24, 2.45) is 0 Å². The van der Waals surface area contributed by atoms with Gasteiger partial charge >= 0.3 is 0 Å². The van der Waals surface area contributed by atoms with Gasteiger partial charge in [0.2, 0.25) is 0 Å². The molecule has 2 aromatic rings. The molecule has 1 aliphatic rings. The van der Waals surface area contributed by atoms with Gasteiger partial charge in [0.05, 0.1) is 0 Å². The molecule has 0 aromatic heterocycles. The van der Waals surface area contributed by atoms with Crippen molar-refractivity contribution >= 4 is 0 Å². The summed E-state index contributed by atoms with van der Waals surface area (Å²) in [5, 5.41) is 12.7. The summed E-state index contributed by atoms with van der Waals surface area (Å²) in [6.45, 7) is 2.54. The molecule has 2 N–H and O–H groups in total. The smallest absolute Gasteiger partial charge is 0.123 e. The van der Waals surface area contributed by atoms with Crippen LogP contribution in [0.4, 0.5) is 0 Å². The van der Waals surface area contributed by atoms with Gasteiger partial charge in [0.1, 0.15) is 18.1 Å². The zero-order valence-electron chi connectivity index (χ0n) is 10.7. The lowest BCUT2D eigenvalue weighted by Gasteiger charge is -2.18. The molecule has 1 heterocycles. The monoisotopic (exact) mass is 255 g/mol. The van der Waals surface area contributed by atoms with E-state index in [0.29, 0.717) is 12.4 Å². The third kappa shape index (κ3) is 2.88. The van der Waals surface area contributed by atoms with Crippen LogP contribution in [-0.2, 0) is 19.6 Å². The number of phenolic OH excluding ortho intramolecular Hbond substituents is 1. The normalized spacial score (nSPS) is 13.9. The van der Waals surface area contributed by atoms with Crippen LogP contribution < -0.4 is 10.1 Å². The molecule has 0 fully saturated rings. The van der Waals surface area contributed by atoms with E-state index in [-0.39, 0.29) is 5.75 Å². The van der Waals surface area contributed by atoms with E-state index in [0.717, 1.165) is 19.5 Å². The lowest BCUT2D eigenvalue weighted by Crippen LogP contribution is -2.23. The summed E-state index contributed by atoms with van der Waals surface area (Å²) in [6, 6.07) is 13.4. The van der Waals surface area contributed by atoms with Crippen molar-refractivity contribution in [2.75, 3.05) is 6.54 Å². The fourth-order valence-corrected chi connectivity index (χ4v) is 2.36. The maximum absolute atomic E-state index is 9.38. The Morgan fingerprint density at radius 3 is 2.95 bits per heavy atom. The summed E-state index contributed by atoms with van der Waals surface area (Å²) < 4.78 is 5.69. The van der Waals surface area contributed by atoms with Gasteiger partial charge in [-0.25, -0.2) is 0 Å². The second-order valence-corrected chi connectivity index (χ2v) is 4.82. The number of hydrogen-bond donors (Lipinski definition) is 2. The topological polar surface area (TPSA) is 41.5 Å². The first kappa shape index (κ1) is 12.1. The van der Waals surface area contributed by atoms with Crippen LogP contribution in [-0.4, -0.2) is 11.7 Å². The zero-order valence-corrected chi connectivity index (χ0v) is 10.7. The molecule has 0 atom stereocenters. The Balaban J connectivity index is 1.70. The molecule has 0 saturated carbocycles. The summed E-state index contributed by atoms with van der Waals surface area (Å²) >= 11 is 0. The van der Waals surface area contributed by atoms with E-state index >= 15 is 0 Å². The number of aromatic hydroxyl groups is 1. The van der Waals surface area contributed by atoms with E-state index in [1.807, 2.05) is 6.07 Å². The molecule has 0 radical (unpaired) electrons. The Bertz CT molecular complexity index is 581. The van der Waals surface area contributed by atoms with Crippen LogP contribution in [0.5, 0.6) is 11.5 Å².